The smallest absolute Gasteiger partial charge is 0.332 e. The number of hydrogen-bond acceptors (Lipinski definition) is 5. The van der Waals surface area contributed by atoms with Crippen LogP contribution in [0.2, 0.25) is 0 Å². The average molecular weight is 357 g/mol. The van der Waals surface area contributed by atoms with E-state index in [0.717, 1.165) is 17.1 Å². The number of hydrazone groups is 1. The zero-order valence-corrected chi connectivity index (χ0v) is 14.7. The first-order chi connectivity index (χ1) is 12.6. The van der Waals surface area contributed by atoms with Crippen molar-refractivity contribution in [2.24, 2.45) is 10.8 Å². The third-order valence-electron chi connectivity index (χ3n) is 3.28. The van der Waals surface area contributed by atoms with Crippen molar-refractivity contribution in [2.45, 2.75) is 6.92 Å². The molecule has 2 aromatic rings. The minimum Gasteiger partial charge on any atom is -0.491 e. The maximum Gasteiger partial charge on any atom is 0.332 e. The molecule has 0 spiro atoms. The summed E-state index contributed by atoms with van der Waals surface area (Å²) >= 11 is 0. The highest BCUT2D eigenvalue weighted by Gasteiger charge is 1.96. The Kier molecular flexibility index (Phi) is 7.95. The molecule has 0 aliphatic carbocycles. The molecule has 0 saturated carbocycles. The number of carbonyl (C=O) groups is 1. The molecular weight excluding hydrogens is 334 g/mol. The van der Waals surface area contributed by atoms with Gasteiger partial charge in [0, 0.05) is 0 Å². The second kappa shape index (κ2) is 10.7. The highest BCUT2D eigenvalue weighted by atomic mass is 16.5. The van der Waals surface area contributed by atoms with Crippen molar-refractivity contribution in [1.29, 1.82) is 0 Å². The molecule has 2 rings (SSSR count). The molecule has 0 bridgehead atoms. The Bertz CT molecular complexity index is 700. The third-order valence-corrected chi connectivity index (χ3v) is 3.28. The molecule has 7 heteroatoms. The van der Waals surface area contributed by atoms with E-state index in [9.17, 15) is 4.79 Å². The SMILES string of the molecule is Cc1ccc(OCCOCCOc2ccc(/C=N/NC(N)=O)cc2)cc1. The number of benzene rings is 2. The van der Waals surface area contributed by atoms with Crippen molar-refractivity contribution in [1.82, 2.24) is 5.43 Å². The lowest BCUT2D eigenvalue weighted by molar-refractivity contribution is 0.0764. The maximum absolute atomic E-state index is 10.5. The van der Waals surface area contributed by atoms with Gasteiger partial charge in [0.25, 0.3) is 0 Å². The van der Waals surface area contributed by atoms with Gasteiger partial charge in [-0.1, -0.05) is 17.7 Å². The van der Waals surface area contributed by atoms with Gasteiger partial charge in [-0.2, -0.15) is 5.10 Å². The second-order valence-electron chi connectivity index (χ2n) is 5.43. The topological polar surface area (TPSA) is 95.2 Å². The van der Waals surface area contributed by atoms with Gasteiger partial charge in [0.15, 0.2) is 0 Å². The summed E-state index contributed by atoms with van der Waals surface area (Å²) in [6.45, 7) is 3.95. The van der Waals surface area contributed by atoms with E-state index >= 15 is 0 Å². The Labute approximate surface area is 152 Å². The van der Waals surface area contributed by atoms with Crippen LogP contribution < -0.4 is 20.6 Å². The third kappa shape index (κ3) is 7.67. The van der Waals surface area contributed by atoms with Gasteiger partial charge >= 0.3 is 6.03 Å². The summed E-state index contributed by atoms with van der Waals surface area (Å²) in [4.78, 5) is 10.5. The predicted octanol–water partition coefficient (Wildman–Crippen LogP) is 2.47. The van der Waals surface area contributed by atoms with Crippen molar-refractivity contribution in [3.63, 3.8) is 0 Å². The fraction of sp³-hybridized carbons (Fsp3) is 0.263. The molecule has 138 valence electrons. The molecule has 2 aromatic carbocycles. The van der Waals surface area contributed by atoms with E-state index in [1.165, 1.54) is 11.8 Å². The van der Waals surface area contributed by atoms with E-state index in [2.05, 4.69) is 10.5 Å². The van der Waals surface area contributed by atoms with Crippen molar-refractivity contribution in [3.05, 3.63) is 59.7 Å². The summed E-state index contributed by atoms with van der Waals surface area (Å²) in [6.07, 6.45) is 1.49. The van der Waals surface area contributed by atoms with Gasteiger partial charge in [-0.25, -0.2) is 10.2 Å². The van der Waals surface area contributed by atoms with Crippen LogP contribution in [0.4, 0.5) is 4.79 Å². The van der Waals surface area contributed by atoms with Crippen LogP contribution in [0.15, 0.2) is 53.6 Å². The Morgan fingerprint density at radius 3 is 2.04 bits per heavy atom. The number of nitrogens with two attached hydrogens (primary N) is 1. The second-order valence-corrected chi connectivity index (χ2v) is 5.43. The molecule has 0 atom stereocenters. The number of ether oxygens (including phenoxy) is 3. The molecule has 0 radical (unpaired) electrons. The normalized spacial score (nSPS) is 10.7. The van der Waals surface area contributed by atoms with Gasteiger partial charge in [0.05, 0.1) is 19.4 Å². The molecule has 0 unspecified atom stereocenters. The minimum atomic E-state index is -0.703. The van der Waals surface area contributed by atoms with Gasteiger partial charge < -0.3 is 19.9 Å². The molecule has 0 aliphatic heterocycles. The van der Waals surface area contributed by atoms with Crippen LogP contribution in [0.25, 0.3) is 0 Å². The zero-order valence-electron chi connectivity index (χ0n) is 14.7. The van der Waals surface area contributed by atoms with E-state index in [-0.39, 0.29) is 0 Å². The number of primary amides is 1. The number of nitrogens with one attached hydrogen (secondary N) is 1. The van der Waals surface area contributed by atoms with E-state index < -0.39 is 6.03 Å². The van der Waals surface area contributed by atoms with Crippen molar-refractivity contribution in [3.8, 4) is 11.5 Å². The molecule has 0 fully saturated rings. The molecule has 0 saturated heterocycles. The summed E-state index contributed by atoms with van der Waals surface area (Å²) in [7, 11) is 0. The number of hydrogen-bond donors (Lipinski definition) is 2. The number of aryl methyl sites for hydroxylation is 1. The van der Waals surface area contributed by atoms with Crippen molar-refractivity contribution in [2.75, 3.05) is 26.4 Å². The molecule has 7 nitrogen and oxygen atoms in total. The Hall–Kier alpha value is -3.06. The minimum absolute atomic E-state index is 0.446. The fourth-order valence-corrected chi connectivity index (χ4v) is 1.99. The highest BCUT2D eigenvalue weighted by molar-refractivity contribution is 5.81. The lowest BCUT2D eigenvalue weighted by Gasteiger charge is -2.09. The molecule has 0 aromatic heterocycles. The monoisotopic (exact) mass is 357 g/mol. The Morgan fingerprint density at radius 1 is 0.962 bits per heavy atom. The highest BCUT2D eigenvalue weighted by Crippen LogP contribution is 2.12. The molecule has 0 heterocycles. The summed E-state index contributed by atoms with van der Waals surface area (Å²) in [5.74, 6) is 1.56. The van der Waals surface area contributed by atoms with E-state index in [1.54, 1.807) is 0 Å². The van der Waals surface area contributed by atoms with E-state index in [1.807, 2.05) is 55.5 Å². The summed E-state index contributed by atoms with van der Waals surface area (Å²) in [5, 5.41) is 3.68. The van der Waals surface area contributed by atoms with Crippen LogP contribution in [0.1, 0.15) is 11.1 Å². The van der Waals surface area contributed by atoms with Gasteiger partial charge in [0.1, 0.15) is 24.7 Å². The van der Waals surface area contributed by atoms with Crippen LogP contribution in [0.5, 0.6) is 11.5 Å². The Balaban J connectivity index is 1.56. The molecule has 2 amide bonds. The first-order valence-electron chi connectivity index (χ1n) is 8.22. The molecule has 26 heavy (non-hydrogen) atoms. The van der Waals surface area contributed by atoms with Crippen LogP contribution in [-0.2, 0) is 4.74 Å². The number of urea groups is 1. The van der Waals surface area contributed by atoms with Gasteiger partial charge in [-0.15, -0.1) is 0 Å². The quantitative estimate of drug-likeness (QED) is 0.388. The summed E-state index contributed by atoms with van der Waals surface area (Å²) in [6, 6.07) is 14.5. The maximum atomic E-state index is 10.5. The first-order valence-corrected chi connectivity index (χ1v) is 8.22. The molecule has 0 aliphatic rings. The van der Waals surface area contributed by atoms with Gasteiger partial charge in [0.2, 0.25) is 0 Å². The largest absolute Gasteiger partial charge is 0.491 e. The van der Waals surface area contributed by atoms with E-state index in [4.69, 9.17) is 19.9 Å². The lowest BCUT2D eigenvalue weighted by atomic mass is 10.2. The number of rotatable bonds is 10. The Morgan fingerprint density at radius 2 is 1.50 bits per heavy atom. The first kappa shape index (κ1) is 19.3. The summed E-state index contributed by atoms with van der Waals surface area (Å²) in [5.41, 5.74) is 9.06. The number of amides is 2. The van der Waals surface area contributed by atoms with Crippen LogP contribution in [0.3, 0.4) is 0 Å². The van der Waals surface area contributed by atoms with Crippen molar-refractivity contribution >= 4 is 12.2 Å². The molecule has 3 N–H and O–H groups in total. The lowest BCUT2D eigenvalue weighted by Crippen LogP contribution is -2.24. The van der Waals surface area contributed by atoms with Gasteiger partial charge in [-0.3, -0.25) is 0 Å². The standard InChI is InChI=1S/C19H23N3O4/c1-15-2-6-17(7-3-15)25-12-10-24-11-13-26-18-8-4-16(5-9-18)14-21-22-19(20)23/h2-9,14H,10-13H2,1H3,(H3,20,22,23)/b21-14+. The van der Waals surface area contributed by atoms with E-state index in [0.29, 0.717) is 26.4 Å². The average Bonchev–Trinajstić information content (AvgIpc) is 2.63. The summed E-state index contributed by atoms with van der Waals surface area (Å²) < 4.78 is 16.6. The number of carbonyl (C=O) groups excluding carboxylic acids is 1. The zero-order chi connectivity index (χ0) is 18.6. The fourth-order valence-electron chi connectivity index (χ4n) is 1.99. The van der Waals surface area contributed by atoms with Crippen LogP contribution in [0, 0.1) is 6.92 Å². The predicted molar refractivity (Wildman–Crippen MR) is 99.7 cm³/mol. The van der Waals surface area contributed by atoms with Crippen molar-refractivity contribution < 1.29 is 19.0 Å². The van der Waals surface area contributed by atoms with Gasteiger partial charge in [-0.05, 0) is 48.9 Å². The van der Waals surface area contributed by atoms with Crippen LogP contribution >= 0.6 is 0 Å². The van der Waals surface area contributed by atoms with Crippen LogP contribution in [-0.4, -0.2) is 38.7 Å². The molecular formula is C19H23N3O4. The number of nitrogens with zero attached hydrogens (tertiary/aromatic N) is 1.